The Morgan fingerprint density at radius 1 is 1.37 bits per heavy atom. The quantitative estimate of drug-likeness (QED) is 0.891. The highest BCUT2D eigenvalue weighted by Crippen LogP contribution is 2.48. The zero-order valence-corrected chi connectivity index (χ0v) is 12.0. The smallest absolute Gasteiger partial charge is 0.230 e. The molecule has 19 heavy (non-hydrogen) atoms. The van der Waals surface area contributed by atoms with Gasteiger partial charge >= 0.3 is 0 Å². The summed E-state index contributed by atoms with van der Waals surface area (Å²) in [5.41, 5.74) is 5.85. The summed E-state index contributed by atoms with van der Waals surface area (Å²) < 4.78 is 12.9. The molecule has 0 radical (unpaired) electrons. The number of benzene rings is 1. The minimum Gasteiger partial charge on any atom is -0.354 e. The predicted molar refractivity (Wildman–Crippen MR) is 75.8 cm³/mol. The highest BCUT2D eigenvalue weighted by atomic mass is 35.5. The van der Waals surface area contributed by atoms with Gasteiger partial charge in [-0.1, -0.05) is 12.1 Å². The number of nitrogens with one attached hydrogen (secondary N) is 1. The number of carbonyl (C=O) groups is 1. The van der Waals surface area contributed by atoms with Crippen molar-refractivity contribution in [2.75, 3.05) is 6.54 Å². The van der Waals surface area contributed by atoms with Crippen molar-refractivity contribution in [2.24, 2.45) is 5.73 Å². The molecule has 0 unspecified atom stereocenters. The van der Waals surface area contributed by atoms with Crippen molar-refractivity contribution >= 4 is 18.3 Å². The first kappa shape index (κ1) is 15.9. The van der Waals surface area contributed by atoms with Crippen molar-refractivity contribution in [3.8, 4) is 0 Å². The number of rotatable bonds is 4. The SMILES string of the molecule is CC(C)(N)CNC(=O)C1(c2ccc(F)cc2)CC1.Cl. The molecular weight excluding hydrogens is 267 g/mol. The fourth-order valence-corrected chi connectivity index (χ4v) is 2.02. The van der Waals surface area contributed by atoms with Crippen LogP contribution in [0.5, 0.6) is 0 Å². The highest BCUT2D eigenvalue weighted by Gasteiger charge is 2.51. The Morgan fingerprint density at radius 2 is 1.89 bits per heavy atom. The monoisotopic (exact) mass is 286 g/mol. The molecule has 1 aromatic rings. The zero-order valence-electron chi connectivity index (χ0n) is 11.2. The first-order chi connectivity index (χ1) is 8.33. The van der Waals surface area contributed by atoms with Crippen molar-refractivity contribution < 1.29 is 9.18 Å². The van der Waals surface area contributed by atoms with Gasteiger partial charge in [-0.2, -0.15) is 0 Å². The van der Waals surface area contributed by atoms with E-state index in [0.717, 1.165) is 18.4 Å². The standard InChI is InChI=1S/C14H19FN2O.ClH/c1-13(2,16)9-17-12(18)14(7-8-14)10-3-5-11(15)6-4-10;/h3-6H,7-9,16H2,1-2H3,(H,17,18);1H. The Morgan fingerprint density at radius 3 is 2.32 bits per heavy atom. The second kappa shape index (κ2) is 5.47. The normalized spacial score (nSPS) is 16.4. The van der Waals surface area contributed by atoms with E-state index >= 15 is 0 Å². The van der Waals surface area contributed by atoms with E-state index in [2.05, 4.69) is 5.32 Å². The first-order valence-corrected chi connectivity index (χ1v) is 6.17. The van der Waals surface area contributed by atoms with Gasteiger partial charge in [0.05, 0.1) is 5.41 Å². The maximum Gasteiger partial charge on any atom is 0.230 e. The van der Waals surface area contributed by atoms with Crippen molar-refractivity contribution in [1.29, 1.82) is 0 Å². The first-order valence-electron chi connectivity index (χ1n) is 6.17. The molecule has 0 heterocycles. The third-order valence-corrected chi connectivity index (χ3v) is 3.29. The van der Waals surface area contributed by atoms with E-state index in [4.69, 9.17) is 5.73 Å². The van der Waals surface area contributed by atoms with Gasteiger partial charge in [-0.3, -0.25) is 4.79 Å². The lowest BCUT2D eigenvalue weighted by Gasteiger charge is -2.22. The van der Waals surface area contributed by atoms with Crippen LogP contribution in [0, 0.1) is 5.82 Å². The number of halogens is 2. The Balaban J connectivity index is 0.00000180. The maximum absolute atomic E-state index is 12.9. The molecule has 0 atom stereocenters. The highest BCUT2D eigenvalue weighted by molar-refractivity contribution is 5.91. The van der Waals surface area contributed by atoms with E-state index in [1.807, 2.05) is 13.8 Å². The molecule has 1 aromatic carbocycles. The van der Waals surface area contributed by atoms with Gasteiger partial charge in [0.25, 0.3) is 0 Å². The molecule has 5 heteroatoms. The lowest BCUT2D eigenvalue weighted by atomic mass is 9.94. The molecule has 2 rings (SSSR count). The predicted octanol–water partition coefficient (Wildman–Crippen LogP) is 2.13. The molecule has 1 saturated carbocycles. The molecule has 3 nitrogen and oxygen atoms in total. The van der Waals surface area contributed by atoms with E-state index in [0.29, 0.717) is 6.54 Å². The van der Waals surface area contributed by atoms with E-state index in [-0.39, 0.29) is 24.1 Å². The van der Waals surface area contributed by atoms with E-state index in [1.165, 1.54) is 12.1 Å². The lowest BCUT2D eigenvalue weighted by molar-refractivity contribution is -0.123. The van der Waals surface area contributed by atoms with Crippen molar-refractivity contribution in [3.63, 3.8) is 0 Å². The second-order valence-electron chi connectivity index (χ2n) is 5.76. The molecule has 3 N–H and O–H groups in total. The van der Waals surface area contributed by atoms with E-state index in [1.54, 1.807) is 12.1 Å². The van der Waals surface area contributed by atoms with Gasteiger partial charge < -0.3 is 11.1 Å². The molecule has 106 valence electrons. The van der Waals surface area contributed by atoms with Gasteiger partial charge in [-0.05, 0) is 44.4 Å². The number of carbonyl (C=O) groups excluding carboxylic acids is 1. The summed E-state index contributed by atoms with van der Waals surface area (Å²) in [6.45, 7) is 4.17. The van der Waals surface area contributed by atoms with Crippen LogP contribution in [0.4, 0.5) is 4.39 Å². The molecule has 0 bridgehead atoms. The molecule has 1 fully saturated rings. The van der Waals surface area contributed by atoms with Gasteiger partial charge in [0.2, 0.25) is 5.91 Å². The van der Waals surface area contributed by atoms with Crippen LogP contribution in [-0.4, -0.2) is 18.0 Å². The number of hydrogen-bond donors (Lipinski definition) is 2. The van der Waals surface area contributed by atoms with Crippen molar-refractivity contribution in [2.45, 2.75) is 37.6 Å². The number of hydrogen-bond acceptors (Lipinski definition) is 2. The summed E-state index contributed by atoms with van der Waals surface area (Å²) >= 11 is 0. The zero-order chi connectivity index (χ0) is 13.4. The van der Waals surface area contributed by atoms with Crippen molar-refractivity contribution in [3.05, 3.63) is 35.6 Å². The summed E-state index contributed by atoms with van der Waals surface area (Å²) in [4.78, 5) is 12.2. The van der Waals surface area contributed by atoms with Gasteiger partial charge in [-0.15, -0.1) is 12.4 Å². The van der Waals surface area contributed by atoms with Crippen LogP contribution in [0.15, 0.2) is 24.3 Å². The third kappa shape index (κ3) is 3.67. The Hall–Kier alpha value is -1.13. The van der Waals surface area contributed by atoms with Crippen LogP contribution < -0.4 is 11.1 Å². The molecule has 0 aliphatic heterocycles. The lowest BCUT2D eigenvalue weighted by Crippen LogP contribution is -2.47. The minimum atomic E-state index is -0.459. The maximum atomic E-state index is 12.9. The molecule has 0 saturated heterocycles. The Kier molecular flexibility index (Phi) is 4.59. The third-order valence-electron chi connectivity index (χ3n) is 3.29. The van der Waals surface area contributed by atoms with Gasteiger partial charge in [-0.25, -0.2) is 4.39 Å². The van der Waals surface area contributed by atoms with E-state index < -0.39 is 11.0 Å². The van der Waals surface area contributed by atoms with Gasteiger partial charge in [0.1, 0.15) is 5.82 Å². The molecule has 1 amide bonds. The molecule has 0 spiro atoms. The van der Waals surface area contributed by atoms with Crippen LogP contribution in [0.2, 0.25) is 0 Å². The summed E-state index contributed by atoms with van der Waals surface area (Å²) in [7, 11) is 0. The largest absolute Gasteiger partial charge is 0.354 e. The Labute approximate surface area is 119 Å². The molecule has 1 aliphatic rings. The Bertz CT molecular complexity index is 450. The fourth-order valence-electron chi connectivity index (χ4n) is 2.02. The van der Waals surface area contributed by atoms with Crippen LogP contribution in [0.25, 0.3) is 0 Å². The molecule has 0 aromatic heterocycles. The minimum absolute atomic E-state index is 0. The fraction of sp³-hybridized carbons (Fsp3) is 0.500. The summed E-state index contributed by atoms with van der Waals surface area (Å²) in [5.74, 6) is -0.286. The average Bonchev–Trinajstić information content (AvgIpc) is 3.07. The second-order valence-corrected chi connectivity index (χ2v) is 5.76. The molecular formula is C14H20ClFN2O. The van der Waals surface area contributed by atoms with Crippen molar-refractivity contribution in [1.82, 2.24) is 5.32 Å². The van der Waals surface area contributed by atoms with Crippen LogP contribution in [-0.2, 0) is 10.2 Å². The van der Waals surface area contributed by atoms with Crippen LogP contribution >= 0.6 is 12.4 Å². The number of amides is 1. The van der Waals surface area contributed by atoms with E-state index in [9.17, 15) is 9.18 Å². The van der Waals surface area contributed by atoms with Crippen LogP contribution in [0.1, 0.15) is 32.3 Å². The topological polar surface area (TPSA) is 55.1 Å². The summed E-state index contributed by atoms with van der Waals surface area (Å²) in [6.07, 6.45) is 1.63. The summed E-state index contributed by atoms with van der Waals surface area (Å²) in [5, 5.41) is 2.88. The average molecular weight is 287 g/mol. The van der Waals surface area contributed by atoms with Crippen LogP contribution in [0.3, 0.4) is 0 Å². The summed E-state index contributed by atoms with van der Waals surface area (Å²) in [6, 6.07) is 6.18. The van der Waals surface area contributed by atoms with Gasteiger partial charge in [0, 0.05) is 12.1 Å². The number of nitrogens with two attached hydrogens (primary N) is 1. The molecule has 1 aliphatic carbocycles. The van der Waals surface area contributed by atoms with Gasteiger partial charge in [0.15, 0.2) is 0 Å².